The zero-order chi connectivity index (χ0) is 23.2. The summed E-state index contributed by atoms with van der Waals surface area (Å²) in [7, 11) is -3.92. The minimum Gasteiger partial charge on any atom is -0.340 e. The number of aromatic nitrogens is 4. The summed E-state index contributed by atoms with van der Waals surface area (Å²) in [5.74, 6) is 0.537. The smallest absolute Gasteiger partial charge is 0.229 e. The van der Waals surface area contributed by atoms with Crippen molar-refractivity contribution in [2.24, 2.45) is 0 Å². The van der Waals surface area contributed by atoms with Crippen molar-refractivity contribution in [3.63, 3.8) is 0 Å². The van der Waals surface area contributed by atoms with Gasteiger partial charge in [-0.25, -0.2) is 13.4 Å². The van der Waals surface area contributed by atoms with Crippen LogP contribution in [0.1, 0.15) is 11.1 Å². The number of hydrogen-bond donors (Lipinski definition) is 1. The van der Waals surface area contributed by atoms with Crippen LogP contribution in [0, 0.1) is 13.8 Å². The van der Waals surface area contributed by atoms with Crippen LogP contribution in [0.3, 0.4) is 0 Å². The molecule has 0 radical (unpaired) electrons. The first kappa shape index (κ1) is 21.4. The molecule has 5 rings (SSSR count). The number of aryl methyl sites for hydroxylation is 2. The van der Waals surface area contributed by atoms with E-state index in [0.29, 0.717) is 11.3 Å². The van der Waals surface area contributed by atoms with E-state index in [-0.39, 0.29) is 15.6 Å². The third-order valence-electron chi connectivity index (χ3n) is 5.60. The number of benzene rings is 3. The highest BCUT2D eigenvalue weighted by Gasteiger charge is 2.27. The lowest BCUT2D eigenvalue weighted by Gasteiger charge is -2.11. The second-order valence-electron chi connectivity index (χ2n) is 7.71. The maximum Gasteiger partial charge on any atom is 0.229 e. The highest BCUT2D eigenvalue weighted by Crippen LogP contribution is 2.30. The second-order valence-corrected chi connectivity index (χ2v) is 10.5. The molecule has 166 valence electrons. The lowest BCUT2D eigenvalue weighted by molar-refractivity contribution is 0.592. The SMILES string of the molecule is CSc1cccc(Nc2nc3c(S(=O)(=O)c4ccc(C)c(C)c4)nnn3c3ccccc23)c1. The van der Waals surface area contributed by atoms with Gasteiger partial charge in [0.2, 0.25) is 14.9 Å². The number of para-hydroxylation sites is 1. The Balaban J connectivity index is 1.72. The van der Waals surface area contributed by atoms with Crippen LogP contribution in [0.5, 0.6) is 0 Å². The fourth-order valence-corrected chi connectivity index (χ4v) is 5.42. The average molecular weight is 476 g/mol. The molecule has 0 fully saturated rings. The Bertz CT molecular complexity index is 1630. The van der Waals surface area contributed by atoms with Crippen LogP contribution in [-0.4, -0.2) is 34.5 Å². The van der Waals surface area contributed by atoms with E-state index in [9.17, 15) is 8.42 Å². The van der Waals surface area contributed by atoms with Crippen molar-refractivity contribution in [1.29, 1.82) is 0 Å². The molecule has 0 saturated carbocycles. The first-order valence-electron chi connectivity index (χ1n) is 10.3. The van der Waals surface area contributed by atoms with Gasteiger partial charge in [0.05, 0.1) is 10.4 Å². The zero-order valence-electron chi connectivity index (χ0n) is 18.3. The summed E-state index contributed by atoms with van der Waals surface area (Å²) in [4.78, 5) is 5.96. The van der Waals surface area contributed by atoms with Crippen LogP contribution in [-0.2, 0) is 9.84 Å². The van der Waals surface area contributed by atoms with Crippen molar-refractivity contribution in [2.45, 2.75) is 28.7 Å². The molecule has 0 spiro atoms. The van der Waals surface area contributed by atoms with Gasteiger partial charge in [-0.05, 0) is 73.7 Å². The maximum atomic E-state index is 13.5. The van der Waals surface area contributed by atoms with E-state index in [2.05, 4.69) is 20.6 Å². The Kier molecular flexibility index (Phi) is 5.30. The summed E-state index contributed by atoms with van der Waals surface area (Å²) < 4.78 is 28.4. The average Bonchev–Trinajstić information content (AvgIpc) is 3.26. The zero-order valence-corrected chi connectivity index (χ0v) is 19.9. The summed E-state index contributed by atoms with van der Waals surface area (Å²) in [6.45, 7) is 3.82. The van der Waals surface area contributed by atoms with E-state index in [1.165, 1.54) is 4.52 Å². The first-order chi connectivity index (χ1) is 15.9. The fraction of sp³-hybridized carbons (Fsp3) is 0.125. The Hall–Kier alpha value is -3.43. The summed E-state index contributed by atoms with van der Waals surface area (Å²) in [6.07, 6.45) is 2.01. The monoisotopic (exact) mass is 475 g/mol. The molecule has 3 aromatic carbocycles. The predicted molar refractivity (Wildman–Crippen MR) is 131 cm³/mol. The van der Waals surface area contributed by atoms with Crippen molar-refractivity contribution >= 4 is 49.7 Å². The first-order valence-corrected chi connectivity index (χ1v) is 13.0. The van der Waals surface area contributed by atoms with Gasteiger partial charge in [-0.2, -0.15) is 4.52 Å². The van der Waals surface area contributed by atoms with Gasteiger partial charge in [0.25, 0.3) is 0 Å². The molecule has 0 atom stereocenters. The molecule has 9 heteroatoms. The predicted octanol–water partition coefficient (Wildman–Crippen LogP) is 5.19. The number of fused-ring (bicyclic) bond motifs is 3. The minimum absolute atomic E-state index is 0.169. The Morgan fingerprint density at radius 2 is 1.76 bits per heavy atom. The van der Waals surface area contributed by atoms with Gasteiger partial charge in [-0.1, -0.05) is 29.5 Å². The number of nitrogens with zero attached hydrogens (tertiary/aromatic N) is 4. The summed E-state index contributed by atoms with van der Waals surface area (Å²) in [5, 5.41) is 12.2. The van der Waals surface area contributed by atoms with Gasteiger partial charge < -0.3 is 5.32 Å². The van der Waals surface area contributed by atoms with E-state index in [0.717, 1.165) is 27.1 Å². The quantitative estimate of drug-likeness (QED) is 0.350. The molecule has 1 N–H and O–H groups in total. The summed E-state index contributed by atoms with van der Waals surface area (Å²) in [5.41, 5.74) is 3.65. The van der Waals surface area contributed by atoms with Crippen LogP contribution in [0.4, 0.5) is 11.5 Å². The van der Waals surface area contributed by atoms with E-state index >= 15 is 0 Å². The van der Waals surface area contributed by atoms with Crippen LogP contribution in [0.15, 0.2) is 81.5 Å². The second kappa shape index (κ2) is 8.17. The van der Waals surface area contributed by atoms with E-state index in [1.54, 1.807) is 30.0 Å². The molecular formula is C24H21N5O2S2. The van der Waals surface area contributed by atoms with Crippen molar-refractivity contribution in [1.82, 2.24) is 19.8 Å². The molecule has 0 saturated heterocycles. The Morgan fingerprint density at radius 1 is 0.939 bits per heavy atom. The van der Waals surface area contributed by atoms with Gasteiger partial charge in [0, 0.05) is 16.0 Å². The molecule has 0 bridgehead atoms. The summed E-state index contributed by atoms with van der Waals surface area (Å²) in [6, 6.07) is 20.6. The molecule has 0 aliphatic carbocycles. The number of sulfone groups is 1. The molecule has 0 aliphatic heterocycles. The van der Waals surface area contributed by atoms with E-state index < -0.39 is 9.84 Å². The Labute approximate surface area is 195 Å². The molecule has 2 heterocycles. The van der Waals surface area contributed by atoms with Crippen LogP contribution in [0.25, 0.3) is 16.6 Å². The van der Waals surface area contributed by atoms with Crippen molar-refractivity contribution in [3.8, 4) is 0 Å². The minimum atomic E-state index is -3.92. The van der Waals surface area contributed by atoms with Crippen molar-refractivity contribution < 1.29 is 8.42 Å². The molecule has 0 amide bonds. The number of nitrogens with one attached hydrogen (secondary N) is 1. The third-order valence-corrected chi connectivity index (χ3v) is 7.97. The highest BCUT2D eigenvalue weighted by molar-refractivity contribution is 7.98. The van der Waals surface area contributed by atoms with Crippen LogP contribution >= 0.6 is 11.8 Å². The largest absolute Gasteiger partial charge is 0.340 e. The van der Waals surface area contributed by atoms with E-state index in [4.69, 9.17) is 0 Å². The molecule has 0 aliphatic rings. The van der Waals surface area contributed by atoms with Gasteiger partial charge >= 0.3 is 0 Å². The number of rotatable bonds is 5. The van der Waals surface area contributed by atoms with Gasteiger partial charge in [-0.3, -0.25) is 0 Å². The van der Waals surface area contributed by atoms with Crippen molar-refractivity contribution in [3.05, 3.63) is 77.9 Å². The van der Waals surface area contributed by atoms with Gasteiger partial charge in [0.1, 0.15) is 5.82 Å². The normalized spacial score (nSPS) is 11.8. The van der Waals surface area contributed by atoms with Gasteiger partial charge in [0.15, 0.2) is 5.65 Å². The maximum absolute atomic E-state index is 13.5. The molecular weight excluding hydrogens is 454 g/mol. The molecule has 2 aromatic heterocycles. The van der Waals surface area contributed by atoms with Crippen molar-refractivity contribution in [2.75, 3.05) is 11.6 Å². The summed E-state index contributed by atoms with van der Waals surface area (Å²) >= 11 is 1.64. The van der Waals surface area contributed by atoms with Crippen LogP contribution in [0.2, 0.25) is 0 Å². The van der Waals surface area contributed by atoms with E-state index in [1.807, 2.05) is 68.6 Å². The topological polar surface area (TPSA) is 89.2 Å². The molecule has 33 heavy (non-hydrogen) atoms. The van der Waals surface area contributed by atoms with Crippen LogP contribution < -0.4 is 5.32 Å². The molecule has 7 nitrogen and oxygen atoms in total. The fourth-order valence-electron chi connectivity index (χ4n) is 3.64. The number of anilines is 2. The lowest BCUT2D eigenvalue weighted by atomic mass is 10.1. The molecule has 5 aromatic rings. The Morgan fingerprint density at radius 3 is 2.55 bits per heavy atom. The number of hydrogen-bond acceptors (Lipinski definition) is 7. The molecule has 0 unspecified atom stereocenters. The number of thioether (sulfide) groups is 1. The third kappa shape index (κ3) is 3.73. The lowest BCUT2D eigenvalue weighted by Crippen LogP contribution is -2.06. The highest BCUT2D eigenvalue weighted by atomic mass is 32.2. The van der Waals surface area contributed by atoms with Gasteiger partial charge in [-0.15, -0.1) is 16.9 Å². The standard InChI is InChI=1S/C24H21N5O2S2/c1-15-11-12-19(13-16(15)2)33(30,31)24-23-26-22(25-17-7-6-8-18(14-17)32-3)20-9-4-5-10-21(20)29(23)28-27-24/h4-14H,1-3H3,(H,25,26).